The van der Waals surface area contributed by atoms with Gasteiger partial charge in [-0.15, -0.1) is 11.3 Å². The molecule has 1 aliphatic heterocycles. The van der Waals surface area contributed by atoms with Crippen LogP contribution >= 0.6 is 11.3 Å². The van der Waals surface area contributed by atoms with E-state index >= 15 is 0 Å². The van der Waals surface area contributed by atoms with Crippen LogP contribution in [0.5, 0.6) is 0 Å². The summed E-state index contributed by atoms with van der Waals surface area (Å²) in [5, 5.41) is 4.37. The Balaban J connectivity index is 1.49. The maximum Gasteiger partial charge on any atom is 0.257 e. The minimum absolute atomic E-state index is 0.0120. The fourth-order valence-corrected chi connectivity index (χ4v) is 5.30. The lowest BCUT2D eigenvalue weighted by Gasteiger charge is -2.16. The van der Waals surface area contributed by atoms with E-state index in [0.717, 1.165) is 29.5 Å². The van der Waals surface area contributed by atoms with Gasteiger partial charge in [-0.25, -0.2) is 22.2 Å². The second kappa shape index (κ2) is 7.53. The van der Waals surface area contributed by atoms with E-state index in [-0.39, 0.29) is 22.1 Å². The highest BCUT2D eigenvalue weighted by atomic mass is 32.2. The van der Waals surface area contributed by atoms with Crippen molar-refractivity contribution in [2.24, 2.45) is 0 Å². The third-order valence-corrected chi connectivity index (χ3v) is 7.07. The van der Waals surface area contributed by atoms with E-state index in [0.29, 0.717) is 24.2 Å². The molecule has 10 heteroatoms. The average Bonchev–Trinajstić information content (AvgIpc) is 3.29. The SMILES string of the molecule is O=C(Nc1nc(-c2cc(F)ccc2F)cs1)c1ccc(N2CCCS2(=O)=O)cc1. The van der Waals surface area contributed by atoms with Gasteiger partial charge in [0.05, 0.1) is 17.1 Å². The topological polar surface area (TPSA) is 79.4 Å². The van der Waals surface area contributed by atoms with Crippen molar-refractivity contribution in [3.05, 3.63) is 65.0 Å². The van der Waals surface area contributed by atoms with Gasteiger partial charge in [0, 0.05) is 23.1 Å². The van der Waals surface area contributed by atoms with Crippen LogP contribution in [0.15, 0.2) is 47.8 Å². The van der Waals surface area contributed by atoms with Crippen molar-refractivity contribution in [3.8, 4) is 11.3 Å². The molecular weight excluding hydrogens is 420 g/mol. The Bertz CT molecular complexity index is 1180. The second-order valence-corrected chi connectivity index (χ2v) is 9.28. The number of halogens is 2. The van der Waals surface area contributed by atoms with E-state index in [1.165, 1.54) is 21.8 Å². The average molecular weight is 435 g/mol. The first-order valence-electron chi connectivity index (χ1n) is 8.66. The number of hydrogen-bond acceptors (Lipinski definition) is 5. The molecule has 0 saturated carbocycles. The smallest absolute Gasteiger partial charge is 0.257 e. The van der Waals surface area contributed by atoms with Crippen LogP contribution in [-0.4, -0.2) is 31.6 Å². The molecule has 2 heterocycles. The lowest BCUT2D eigenvalue weighted by molar-refractivity contribution is 0.102. The van der Waals surface area contributed by atoms with Gasteiger partial charge in [0.1, 0.15) is 11.6 Å². The molecule has 0 radical (unpaired) electrons. The Labute approximate surface area is 169 Å². The number of anilines is 2. The Morgan fingerprint density at radius 2 is 1.90 bits per heavy atom. The molecule has 1 amide bonds. The fourth-order valence-electron chi connectivity index (χ4n) is 3.03. The zero-order chi connectivity index (χ0) is 20.6. The summed E-state index contributed by atoms with van der Waals surface area (Å²) >= 11 is 1.09. The molecule has 3 aromatic rings. The number of nitrogens with one attached hydrogen (secondary N) is 1. The normalized spacial score (nSPS) is 15.4. The van der Waals surface area contributed by atoms with Crippen LogP contribution in [0, 0.1) is 11.6 Å². The number of rotatable bonds is 4. The molecule has 0 aliphatic carbocycles. The van der Waals surface area contributed by atoms with Crippen molar-refractivity contribution in [1.82, 2.24) is 4.98 Å². The number of sulfonamides is 1. The molecule has 1 fully saturated rings. The predicted octanol–water partition coefficient (Wildman–Crippen LogP) is 3.88. The van der Waals surface area contributed by atoms with Gasteiger partial charge in [-0.1, -0.05) is 0 Å². The number of aromatic nitrogens is 1. The monoisotopic (exact) mass is 435 g/mol. The van der Waals surface area contributed by atoms with Gasteiger partial charge in [-0.3, -0.25) is 14.4 Å². The van der Waals surface area contributed by atoms with Crippen molar-refractivity contribution in [1.29, 1.82) is 0 Å². The number of benzene rings is 2. The zero-order valence-corrected chi connectivity index (χ0v) is 16.6. The predicted molar refractivity (Wildman–Crippen MR) is 108 cm³/mol. The van der Waals surface area contributed by atoms with Crippen molar-refractivity contribution in [2.75, 3.05) is 21.9 Å². The van der Waals surface area contributed by atoms with Crippen LogP contribution in [0.2, 0.25) is 0 Å². The molecule has 1 N–H and O–H groups in total. The summed E-state index contributed by atoms with van der Waals surface area (Å²) in [4.78, 5) is 16.6. The van der Waals surface area contributed by atoms with Gasteiger partial charge in [0.15, 0.2) is 5.13 Å². The number of amides is 1. The molecule has 6 nitrogen and oxygen atoms in total. The molecule has 1 aromatic heterocycles. The van der Waals surface area contributed by atoms with Crippen LogP contribution in [0.25, 0.3) is 11.3 Å². The molecule has 1 saturated heterocycles. The highest BCUT2D eigenvalue weighted by Gasteiger charge is 2.28. The van der Waals surface area contributed by atoms with Crippen molar-refractivity contribution in [2.45, 2.75) is 6.42 Å². The number of nitrogens with zero attached hydrogens (tertiary/aromatic N) is 2. The molecule has 0 spiro atoms. The Morgan fingerprint density at radius 1 is 1.14 bits per heavy atom. The van der Waals surface area contributed by atoms with Crippen LogP contribution in [0.3, 0.4) is 0 Å². The molecule has 2 aromatic carbocycles. The summed E-state index contributed by atoms with van der Waals surface area (Å²) in [6.07, 6.45) is 0.572. The summed E-state index contributed by atoms with van der Waals surface area (Å²) < 4.78 is 52.5. The third kappa shape index (κ3) is 3.99. The molecule has 0 bridgehead atoms. The summed E-state index contributed by atoms with van der Waals surface area (Å²) in [6, 6.07) is 9.29. The molecule has 0 atom stereocenters. The van der Waals surface area contributed by atoms with Gasteiger partial charge in [0.2, 0.25) is 10.0 Å². The maximum absolute atomic E-state index is 13.9. The number of thiazole rings is 1. The minimum atomic E-state index is -3.28. The number of carbonyl (C=O) groups excluding carboxylic acids is 1. The molecule has 4 rings (SSSR count). The van der Waals surface area contributed by atoms with Gasteiger partial charge in [0.25, 0.3) is 5.91 Å². The summed E-state index contributed by atoms with van der Waals surface area (Å²) in [6.45, 7) is 0.423. The second-order valence-electron chi connectivity index (χ2n) is 6.40. The first-order chi connectivity index (χ1) is 13.8. The molecule has 29 heavy (non-hydrogen) atoms. The third-order valence-electron chi connectivity index (χ3n) is 4.45. The Hall–Kier alpha value is -2.85. The highest BCUT2D eigenvalue weighted by Crippen LogP contribution is 2.28. The lowest BCUT2D eigenvalue weighted by atomic mass is 10.1. The maximum atomic E-state index is 13.9. The summed E-state index contributed by atoms with van der Waals surface area (Å²) in [7, 11) is -3.28. The van der Waals surface area contributed by atoms with Crippen molar-refractivity contribution in [3.63, 3.8) is 0 Å². The number of hydrogen-bond donors (Lipinski definition) is 1. The quantitative estimate of drug-likeness (QED) is 0.675. The summed E-state index contributed by atoms with van der Waals surface area (Å²) in [5.74, 6) is -1.52. The Kier molecular flexibility index (Phi) is 5.05. The van der Waals surface area contributed by atoms with Crippen LogP contribution in [0.1, 0.15) is 16.8 Å². The highest BCUT2D eigenvalue weighted by molar-refractivity contribution is 7.93. The van der Waals surface area contributed by atoms with Crippen LogP contribution in [0.4, 0.5) is 19.6 Å². The van der Waals surface area contributed by atoms with E-state index in [2.05, 4.69) is 10.3 Å². The largest absolute Gasteiger partial charge is 0.298 e. The lowest BCUT2D eigenvalue weighted by Crippen LogP contribution is -2.25. The number of carbonyl (C=O) groups is 1. The standard InChI is InChI=1S/C19H15F2N3O3S2/c20-13-4-7-16(21)15(10-13)17-11-28-19(22-17)23-18(25)12-2-5-14(6-3-12)24-8-1-9-29(24,26)27/h2-7,10-11H,1,8-9H2,(H,22,23,25). The van der Waals surface area contributed by atoms with Gasteiger partial charge in [-0.2, -0.15) is 0 Å². The van der Waals surface area contributed by atoms with Gasteiger partial charge >= 0.3 is 0 Å². The first-order valence-corrected chi connectivity index (χ1v) is 11.2. The van der Waals surface area contributed by atoms with Crippen molar-refractivity contribution < 1.29 is 22.0 Å². The molecular formula is C19H15F2N3O3S2. The summed E-state index contributed by atoms with van der Waals surface area (Å²) in [5.41, 5.74) is 1.06. The van der Waals surface area contributed by atoms with E-state index in [1.54, 1.807) is 12.1 Å². The minimum Gasteiger partial charge on any atom is -0.298 e. The van der Waals surface area contributed by atoms with E-state index in [1.807, 2.05) is 0 Å². The van der Waals surface area contributed by atoms with E-state index in [9.17, 15) is 22.0 Å². The molecule has 1 aliphatic rings. The Morgan fingerprint density at radius 3 is 2.59 bits per heavy atom. The molecule has 150 valence electrons. The van der Waals surface area contributed by atoms with Crippen LogP contribution < -0.4 is 9.62 Å². The van der Waals surface area contributed by atoms with E-state index in [4.69, 9.17) is 0 Å². The first kappa shape index (κ1) is 19.5. The van der Waals surface area contributed by atoms with Crippen LogP contribution in [-0.2, 0) is 10.0 Å². The zero-order valence-electron chi connectivity index (χ0n) is 14.9. The van der Waals surface area contributed by atoms with E-state index < -0.39 is 27.6 Å². The van der Waals surface area contributed by atoms with Crippen molar-refractivity contribution >= 4 is 38.1 Å². The van der Waals surface area contributed by atoms with Gasteiger partial charge in [-0.05, 0) is 48.9 Å². The molecule has 0 unspecified atom stereocenters. The fraction of sp³-hybridized carbons (Fsp3) is 0.158. The van der Waals surface area contributed by atoms with Gasteiger partial charge < -0.3 is 0 Å².